The quantitative estimate of drug-likeness (QED) is 0.739. The van der Waals surface area contributed by atoms with Crippen LogP contribution in [0.1, 0.15) is 37.8 Å². The van der Waals surface area contributed by atoms with E-state index in [4.69, 9.17) is 0 Å². The van der Waals surface area contributed by atoms with Crippen molar-refractivity contribution in [2.75, 3.05) is 5.32 Å². The summed E-state index contributed by atoms with van der Waals surface area (Å²) in [4.78, 5) is 17.3. The summed E-state index contributed by atoms with van der Waals surface area (Å²) < 4.78 is 0.957. The van der Waals surface area contributed by atoms with E-state index in [1.807, 2.05) is 43.3 Å². The number of nitrogens with one attached hydrogen (secondary N) is 1. The van der Waals surface area contributed by atoms with Gasteiger partial charge in [-0.25, -0.2) is 4.99 Å². The van der Waals surface area contributed by atoms with E-state index in [1.54, 1.807) is 11.8 Å². The summed E-state index contributed by atoms with van der Waals surface area (Å²) in [5, 5.41) is 2.88. The Balaban J connectivity index is 1.67. The smallest absolute Gasteiger partial charge is 0.237 e. The number of carbonyl (C=O) groups excluding carboxylic acids is 1. The average molecular weight is 371 g/mol. The van der Waals surface area contributed by atoms with E-state index in [0.29, 0.717) is 5.92 Å². The molecular weight excluding hydrogens is 348 g/mol. The van der Waals surface area contributed by atoms with Crippen molar-refractivity contribution in [1.29, 1.82) is 0 Å². The lowest BCUT2D eigenvalue weighted by atomic mass is 10.0. The van der Waals surface area contributed by atoms with Gasteiger partial charge in [0.1, 0.15) is 4.38 Å². The molecule has 25 heavy (non-hydrogen) atoms. The van der Waals surface area contributed by atoms with E-state index in [2.05, 4.69) is 36.3 Å². The number of carbonyl (C=O) groups is 1. The van der Waals surface area contributed by atoms with E-state index in [-0.39, 0.29) is 11.2 Å². The van der Waals surface area contributed by atoms with Gasteiger partial charge in [0.05, 0.1) is 10.9 Å². The zero-order chi connectivity index (χ0) is 17.8. The van der Waals surface area contributed by atoms with Crippen LogP contribution in [0.4, 0.5) is 11.4 Å². The zero-order valence-electron chi connectivity index (χ0n) is 14.7. The van der Waals surface area contributed by atoms with Gasteiger partial charge in [0.25, 0.3) is 0 Å². The molecule has 1 unspecified atom stereocenters. The normalized spacial score (nSPS) is 14.6. The van der Waals surface area contributed by atoms with Gasteiger partial charge in [-0.05, 0) is 36.1 Å². The Morgan fingerprint density at radius 3 is 2.64 bits per heavy atom. The van der Waals surface area contributed by atoms with E-state index in [9.17, 15) is 4.79 Å². The predicted molar refractivity (Wildman–Crippen MR) is 111 cm³/mol. The molecule has 1 aliphatic rings. The molecule has 0 bridgehead atoms. The monoisotopic (exact) mass is 370 g/mol. The summed E-state index contributed by atoms with van der Waals surface area (Å²) in [5.41, 5.74) is 4.33. The Hall–Kier alpha value is -1.72. The second-order valence-electron chi connectivity index (χ2n) is 6.29. The standard InChI is InChI=1S/C20H22N2OS2/c1-13(2)16-9-5-7-11-18(16)21-19(23)14(3)25-20-22-17-10-6-4-8-15(17)12-24-20/h4-11,13-14H,12H2,1-3H3,(H,21,23). The minimum atomic E-state index is -0.197. The highest BCUT2D eigenvalue weighted by Crippen LogP contribution is 2.36. The van der Waals surface area contributed by atoms with Crippen molar-refractivity contribution in [2.45, 2.75) is 37.7 Å². The molecule has 3 rings (SSSR count). The lowest BCUT2D eigenvalue weighted by molar-refractivity contribution is -0.115. The fraction of sp³-hybridized carbons (Fsp3) is 0.300. The second-order valence-corrected chi connectivity index (χ2v) is 8.84. The van der Waals surface area contributed by atoms with Crippen molar-refractivity contribution in [3.05, 3.63) is 59.7 Å². The van der Waals surface area contributed by atoms with Crippen LogP contribution in [0, 0.1) is 0 Å². The lowest BCUT2D eigenvalue weighted by Gasteiger charge is -2.18. The molecule has 2 aromatic carbocycles. The van der Waals surface area contributed by atoms with E-state index in [1.165, 1.54) is 17.3 Å². The number of amides is 1. The Morgan fingerprint density at radius 1 is 1.12 bits per heavy atom. The third-order valence-corrected chi connectivity index (χ3v) is 6.34. The lowest BCUT2D eigenvalue weighted by Crippen LogP contribution is -2.24. The summed E-state index contributed by atoms with van der Waals surface area (Å²) in [6.07, 6.45) is 0. The molecule has 2 aromatic rings. The van der Waals surface area contributed by atoms with Gasteiger partial charge >= 0.3 is 0 Å². The second kappa shape index (κ2) is 8.11. The number of fused-ring (bicyclic) bond motifs is 1. The zero-order valence-corrected chi connectivity index (χ0v) is 16.3. The number of benzene rings is 2. The van der Waals surface area contributed by atoms with Crippen LogP contribution >= 0.6 is 23.5 Å². The predicted octanol–water partition coefficient (Wildman–Crippen LogP) is 5.80. The van der Waals surface area contributed by atoms with E-state index >= 15 is 0 Å². The van der Waals surface area contributed by atoms with Crippen LogP contribution in [0.25, 0.3) is 0 Å². The maximum Gasteiger partial charge on any atom is 0.237 e. The van der Waals surface area contributed by atoms with Gasteiger partial charge in [0.2, 0.25) is 5.91 Å². The molecule has 1 heterocycles. The van der Waals surface area contributed by atoms with Crippen molar-refractivity contribution in [3.8, 4) is 0 Å². The first-order valence-electron chi connectivity index (χ1n) is 8.40. The molecule has 130 valence electrons. The van der Waals surface area contributed by atoms with Crippen LogP contribution in [0.2, 0.25) is 0 Å². The summed E-state index contributed by atoms with van der Waals surface area (Å²) >= 11 is 3.23. The van der Waals surface area contributed by atoms with E-state index < -0.39 is 0 Å². The number of rotatable bonds is 4. The first-order valence-corrected chi connectivity index (χ1v) is 10.3. The molecule has 1 amide bonds. The number of aliphatic imine (C=N–C) groups is 1. The number of nitrogens with zero attached hydrogens (tertiary/aromatic N) is 1. The minimum absolute atomic E-state index is 0.0141. The number of anilines is 1. The number of hydrogen-bond donors (Lipinski definition) is 1. The Kier molecular flexibility index (Phi) is 5.86. The largest absolute Gasteiger partial charge is 0.325 e. The molecule has 0 aromatic heterocycles. The van der Waals surface area contributed by atoms with Crippen molar-refractivity contribution in [2.24, 2.45) is 4.99 Å². The van der Waals surface area contributed by atoms with Gasteiger partial charge in [-0.15, -0.1) is 0 Å². The highest BCUT2D eigenvalue weighted by Gasteiger charge is 2.21. The molecular formula is C20H22N2OS2. The van der Waals surface area contributed by atoms with Crippen LogP contribution in [-0.4, -0.2) is 15.5 Å². The van der Waals surface area contributed by atoms with Crippen LogP contribution in [0.3, 0.4) is 0 Å². The first-order chi connectivity index (χ1) is 12.0. The van der Waals surface area contributed by atoms with Crippen molar-refractivity contribution >= 4 is 45.2 Å². The summed E-state index contributed by atoms with van der Waals surface area (Å²) in [7, 11) is 0. The Morgan fingerprint density at radius 2 is 1.84 bits per heavy atom. The van der Waals surface area contributed by atoms with Gasteiger partial charge in [-0.3, -0.25) is 4.79 Å². The Labute approximate surface area is 157 Å². The molecule has 1 atom stereocenters. The molecule has 0 spiro atoms. The van der Waals surface area contributed by atoms with Gasteiger partial charge in [-0.2, -0.15) is 0 Å². The maximum absolute atomic E-state index is 12.6. The molecule has 1 aliphatic heterocycles. The molecule has 0 fully saturated rings. The SMILES string of the molecule is CC(SC1=Nc2ccccc2CS1)C(=O)Nc1ccccc1C(C)C. The van der Waals surface area contributed by atoms with E-state index in [0.717, 1.165) is 27.1 Å². The van der Waals surface area contributed by atoms with Crippen molar-refractivity contribution < 1.29 is 4.79 Å². The third-order valence-electron chi connectivity index (χ3n) is 4.04. The molecule has 0 radical (unpaired) electrons. The van der Waals surface area contributed by atoms with Crippen LogP contribution in [0.15, 0.2) is 53.5 Å². The summed E-state index contributed by atoms with van der Waals surface area (Å²) in [6.45, 7) is 6.20. The average Bonchev–Trinajstić information content (AvgIpc) is 2.61. The van der Waals surface area contributed by atoms with Crippen molar-refractivity contribution in [1.82, 2.24) is 0 Å². The van der Waals surface area contributed by atoms with Crippen LogP contribution < -0.4 is 5.32 Å². The summed E-state index contributed by atoms with van der Waals surface area (Å²) in [5.74, 6) is 1.29. The van der Waals surface area contributed by atoms with Crippen LogP contribution in [-0.2, 0) is 10.5 Å². The molecule has 1 N–H and O–H groups in total. The molecule has 5 heteroatoms. The van der Waals surface area contributed by atoms with Gasteiger partial charge in [0, 0.05) is 11.4 Å². The topological polar surface area (TPSA) is 41.5 Å². The molecule has 3 nitrogen and oxygen atoms in total. The fourth-order valence-electron chi connectivity index (χ4n) is 2.63. The summed E-state index contributed by atoms with van der Waals surface area (Å²) in [6, 6.07) is 16.2. The highest BCUT2D eigenvalue weighted by atomic mass is 32.2. The van der Waals surface area contributed by atoms with Gasteiger partial charge < -0.3 is 5.32 Å². The molecule has 0 saturated heterocycles. The van der Waals surface area contributed by atoms with Gasteiger partial charge in [0.15, 0.2) is 0 Å². The third kappa shape index (κ3) is 4.47. The molecule has 0 saturated carbocycles. The number of hydrogen-bond acceptors (Lipinski definition) is 4. The van der Waals surface area contributed by atoms with Crippen LogP contribution in [0.5, 0.6) is 0 Å². The Bertz CT molecular complexity index is 802. The number of para-hydroxylation sites is 2. The highest BCUT2D eigenvalue weighted by molar-refractivity contribution is 8.39. The maximum atomic E-state index is 12.6. The fourth-order valence-corrected chi connectivity index (χ4v) is 4.81. The van der Waals surface area contributed by atoms with Gasteiger partial charge in [-0.1, -0.05) is 73.8 Å². The molecule has 0 aliphatic carbocycles. The minimum Gasteiger partial charge on any atom is -0.325 e. The number of thioether (sulfide) groups is 2. The first kappa shape index (κ1) is 18.1. The van der Waals surface area contributed by atoms with Crippen molar-refractivity contribution in [3.63, 3.8) is 0 Å².